The van der Waals surface area contributed by atoms with Crippen LogP contribution >= 0.6 is 11.3 Å². The third-order valence-electron chi connectivity index (χ3n) is 3.77. The minimum Gasteiger partial charge on any atom is -0.377 e. The minimum absolute atomic E-state index is 0.378. The van der Waals surface area contributed by atoms with Gasteiger partial charge in [0, 0.05) is 16.1 Å². The number of carbonyl (C=O) groups excluding carboxylic acids is 1. The maximum atomic E-state index is 11.2. The zero-order chi connectivity index (χ0) is 14.1. The Balaban J connectivity index is 1.84. The van der Waals surface area contributed by atoms with E-state index >= 15 is 0 Å². The van der Waals surface area contributed by atoms with Crippen LogP contribution < -0.4 is 11.1 Å². The highest BCUT2D eigenvalue weighted by atomic mass is 32.1. The number of hydrogen-bond donors (Lipinski definition) is 2. The van der Waals surface area contributed by atoms with Gasteiger partial charge in [0.25, 0.3) is 0 Å². The molecule has 1 aliphatic rings. The first-order valence-electron chi connectivity index (χ1n) is 6.85. The number of nitrogens with two attached hydrogens (primary N) is 1. The lowest BCUT2D eigenvalue weighted by Gasteiger charge is -2.20. The summed E-state index contributed by atoms with van der Waals surface area (Å²) in [7, 11) is 0. The molecule has 2 aromatic rings. The van der Waals surface area contributed by atoms with Crippen LogP contribution in [0.1, 0.15) is 39.7 Å². The third kappa shape index (κ3) is 2.70. The lowest BCUT2D eigenvalue weighted by molar-refractivity contribution is 0.1000. The third-order valence-corrected chi connectivity index (χ3v) is 4.72. The lowest BCUT2D eigenvalue weighted by atomic mass is 10.1. The Kier molecular flexibility index (Phi) is 3.49. The number of thiophene rings is 1. The van der Waals surface area contributed by atoms with E-state index in [0.717, 1.165) is 17.2 Å². The molecule has 3 N–H and O–H groups in total. The van der Waals surface area contributed by atoms with Gasteiger partial charge in [0.1, 0.15) is 0 Å². The summed E-state index contributed by atoms with van der Waals surface area (Å²) < 4.78 is 0. The second-order valence-electron chi connectivity index (χ2n) is 5.37. The van der Waals surface area contributed by atoms with Crippen molar-refractivity contribution in [1.82, 2.24) is 0 Å². The summed E-state index contributed by atoms with van der Waals surface area (Å²) in [6, 6.07) is 10.3. The van der Waals surface area contributed by atoms with Gasteiger partial charge in [-0.1, -0.05) is 6.07 Å². The highest BCUT2D eigenvalue weighted by Gasteiger charge is 2.33. The maximum Gasteiger partial charge on any atom is 0.248 e. The van der Waals surface area contributed by atoms with E-state index < -0.39 is 0 Å². The first kappa shape index (κ1) is 13.2. The summed E-state index contributed by atoms with van der Waals surface area (Å²) in [5, 5.41) is 5.76. The van der Waals surface area contributed by atoms with Crippen molar-refractivity contribution < 1.29 is 4.79 Å². The Hall–Kier alpha value is -1.81. The zero-order valence-electron chi connectivity index (χ0n) is 11.4. The predicted octanol–water partition coefficient (Wildman–Crippen LogP) is 3.72. The van der Waals surface area contributed by atoms with Crippen molar-refractivity contribution in [1.29, 1.82) is 0 Å². The molecule has 1 saturated carbocycles. The summed E-state index contributed by atoms with van der Waals surface area (Å²) in [5.74, 6) is 0.348. The van der Waals surface area contributed by atoms with Gasteiger partial charge in [0.05, 0.1) is 6.04 Å². The van der Waals surface area contributed by atoms with Crippen LogP contribution in [0.2, 0.25) is 0 Å². The van der Waals surface area contributed by atoms with E-state index in [1.807, 2.05) is 19.1 Å². The first-order valence-corrected chi connectivity index (χ1v) is 7.73. The number of nitrogens with one attached hydrogen (secondary N) is 1. The van der Waals surface area contributed by atoms with Gasteiger partial charge in [0.15, 0.2) is 0 Å². The molecule has 0 aliphatic heterocycles. The van der Waals surface area contributed by atoms with Crippen LogP contribution in [0.4, 0.5) is 5.69 Å². The highest BCUT2D eigenvalue weighted by Crippen LogP contribution is 2.44. The van der Waals surface area contributed by atoms with Gasteiger partial charge in [-0.05, 0) is 60.9 Å². The molecule has 1 aromatic heterocycles. The highest BCUT2D eigenvalue weighted by molar-refractivity contribution is 7.10. The van der Waals surface area contributed by atoms with Gasteiger partial charge in [-0.15, -0.1) is 11.3 Å². The van der Waals surface area contributed by atoms with Crippen molar-refractivity contribution in [2.45, 2.75) is 25.8 Å². The van der Waals surface area contributed by atoms with E-state index in [9.17, 15) is 4.79 Å². The number of carbonyl (C=O) groups is 1. The smallest absolute Gasteiger partial charge is 0.248 e. The van der Waals surface area contributed by atoms with E-state index in [4.69, 9.17) is 5.73 Å². The van der Waals surface area contributed by atoms with Crippen LogP contribution in [-0.2, 0) is 0 Å². The van der Waals surface area contributed by atoms with Crippen LogP contribution in [0.5, 0.6) is 0 Å². The number of amides is 1. The van der Waals surface area contributed by atoms with Gasteiger partial charge >= 0.3 is 0 Å². The SMILES string of the molecule is Cc1cc(C(N)=O)ccc1NC(c1cccs1)C1CC1. The van der Waals surface area contributed by atoms with Crippen molar-refractivity contribution in [3.05, 3.63) is 51.7 Å². The molecule has 1 atom stereocenters. The van der Waals surface area contributed by atoms with E-state index in [2.05, 4.69) is 22.8 Å². The molecular weight excluding hydrogens is 268 g/mol. The van der Waals surface area contributed by atoms with Crippen LogP contribution in [-0.4, -0.2) is 5.91 Å². The summed E-state index contributed by atoms with van der Waals surface area (Å²) in [4.78, 5) is 12.6. The molecule has 3 rings (SSSR count). The number of benzene rings is 1. The normalized spacial score (nSPS) is 15.8. The van der Waals surface area contributed by atoms with Crippen molar-refractivity contribution >= 4 is 22.9 Å². The number of primary amides is 1. The van der Waals surface area contributed by atoms with Crippen molar-refractivity contribution in [3.8, 4) is 0 Å². The summed E-state index contributed by atoms with van der Waals surface area (Å²) in [5.41, 5.74) is 8.02. The predicted molar refractivity (Wildman–Crippen MR) is 83.1 cm³/mol. The van der Waals surface area contributed by atoms with Crippen molar-refractivity contribution in [3.63, 3.8) is 0 Å². The molecule has 20 heavy (non-hydrogen) atoms. The molecular formula is C16H18N2OS. The van der Waals surface area contributed by atoms with Crippen molar-refractivity contribution in [2.24, 2.45) is 11.7 Å². The standard InChI is InChI=1S/C16H18N2OS/c1-10-9-12(16(17)19)6-7-13(10)18-15(11-4-5-11)14-3-2-8-20-14/h2-3,6-9,11,15,18H,4-5H2,1H3,(H2,17,19). The summed E-state index contributed by atoms with van der Waals surface area (Å²) in [6.07, 6.45) is 2.57. The Morgan fingerprint density at radius 3 is 2.75 bits per heavy atom. The van der Waals surface area contributed by atoms with Crippen molar-refractivity contribution in [2.75, 3.05) is 5.32 Å². The zero-order valence-corrected chi connectivity index (χ0v) is 12.2. The van der Waals surface area contributed by atoms with Crippen LogP contribution in [0.15, 0.2) is 35.7 Å². The Labute approximate surface area is 122 Å². The summed E-state index contributed by atoms with van der Waals surface area (Å²) >= 11 is 1.80. The average Bonchev–Trinajstić information content (AvgIpc) is 3.11. The molecule has 1 fully saturated rings. The number of hydrogen-bond acceptors (Lipinski definition) is 3. The van der Waals surface area contributed by atoms with E-state index in [0.29, 0.717) is 11.6 Å². The molecule has 3 nitrogen and oxygen atoms in total. The average molecular weight is 286 g/mol. The molecule has 4 heteroatoms. The Bertz CT molecular complexity index is 617. The van der Waals surface area contributed by atoms with E-state index in [-0.39, 0.29) is 5.91 Å². The molecule has 0 saturated heterocycles. The number of rotatable bonds is 5. The van der Waals surface area contributed by atoms with Crippen LogP contribution in [0.3, 0.4) is 0 Å². The second-order valence-corrected chi connectivity index (χ2v) is 6.35. The molecule has 104 valence electrons. The Morgan fingerprint density at radius 1 is 1.40 bits per heavy atom. The largest absolute Gasteiger partial charge is 0.377 e. The maximum absolute atomic E-state index is 11.2. The molecule has 0 radical (unpaired) electrons. The minimum atomic E-state index is -0.378. The summed E-state index contributed by atoms with van der Waals surface area (Å²) in [6.45, 7) is 2.01. The quantitative estimate of drug-likeness (QED) is 0.880. The molecule has 1 aliphatic carbocycles. The monoisotopic (exact) mass is 286 g/mol. The molecule has 0 bridgehead atoms. The molecule has 1 unspecified atom stereocenters. The van der Waals surface area contributed by atoms with Gasteiger partial charge in [-0.3, -0.25) is 4.79 Å². The second kappa shape index (κ2) is 5.29. The lowest BCUT2D eigenvalue weighted by Crippen LogP contribution is -2.14. The van der Waals surface area contributed by atoms with Gasteiger partial charge in [-0.2, -0.15) is 0 Å². The van der Waals surface area contributed by atoms with E-state index in [1.165, 1.54) is 17.7 Å². The first-order chi connectivity index (χ1) is 9.65. The Morgan fingerprint density at radius 2 is 2.20 bits per heavy atom. The van der Waals surface area contributed by atoms with Gasteiger partial charge in [0.2, 0.25) is 5.91 Å². The molecule has 1 amide bonds. The number of anilines is 1. The molecule has 1 heterocycles. The van der Waals surface area contributed by atoms with Crippen LogP contribution in [0, 0.1) is 12.8 Å². The van der Waals surface area contributed by atoms with Crippen LogP contribution in [0.25, 0.3) is 0 Å². The van der Waals surface area contributed by atoms with Gasteiger partial charge < -0.3 is 11.1 Å². The topological polar surface area (TPSA) is 55.1 Å². The fourth-order valence-electron chi connectivity index (χ4n) is 2.47. The fourth-order valence-corrected chi connectivity index (χ4v) is 3.33. The molecule has 1 aromatic carbocycles. The van der Waals surface area contributed by atoms with E-state index in [1.54, 1.807) is 17.4 Å². The molecule has 0 spiro atoms. The number of aryl methyl sites for hydroxylation is 1. The fraction of sp³-hybridized carbons (Fsp3) is 0.312. The van der Waals surface area contributed by atoms with Gasteiger partial charge in [-0.25, -0.2) is 0 Å².